The van der Waals surface area contributed by atoms with E-state index in [-0.39, 0.29) is 19.6 Å². The van der Waals surface area contributed by atoms with Gasteiger partial charge in [-0.05, 0) is 6.42 Å². The Hall–Kier alpha value is -1.09. The van der Waals surface area contributed by atoms with Gasteiger partial charge in [0.1, 0.15) is 12.6 Å². The number of aliphatic hydroxyl groups excluding tert-OH is 1. The Morgan fingerprint density at radius 2 is 2.42 bits per heavy atom. The van der Waals surface area contributed by atoms with Crippen molar-refractivity contribution < 1.29 is 19.8 Å². The van der Waals surface area contributed by atoms with E-state index in [4.69, 9.17) is 16.6 Å². The smallest absolute Gasteiger partial charge is 0.323 e. The van der Waals surface area contributed by atoms with Crippen molar-refractivity contribution in [3.05, 3.63) is 0 Å². The molecule has 5 nitrogen and oxygen atoms in total. The van der Waals surface area contributed by atoms with Crippen LogP contribution >= 0.6 is 0 Å². The molecule has 5 heteroatoms. The lowest BCUT2D eigenvalue weighted by molar-refractivity contribution is -0.144. The van der Waals surface area contributed by atoms with E-state index in [1.807, 2.05) is 0 Å². The third-order valence-electron chi connectivity index (χ3n) is 1.10. The second-order valence-electron chi connectivity index (χ2n) is 2.01. The molecule has 0 aliphatic carbocycles. The Morgan fingerprint density at radius 1 is 1.75 bits per heavy atom. The molecule has 0 saturated heterocycles. The molecule has 1 unspecified atom stereocenters. The second-order valence-corrected chi connectivity index (χ2v) is 2.01. The molecule has 1 atom stereocenters. The minimum Gasteiger partial charge on any atom is -0.480 e. The minimum absolute atomic E-state index is 0.00475. The molecule has 0 aromatic carbocycles. The quantitative estimate of drug-likeness (QED) is 0.272. The number of carbonyl (C=O) groups is 1. The lowest BCUT2D eigenvalue weighted by atomic mass is 10.2. The van der Waals surface area contributed by atoms with Gasteiger partial charge < -0.3 is 10.2 Å². The highest BCUT2D eigenvalue weighted by Crippen LogP contribution is 1.90. The first-order valence-electron chi connectivity index (χ1n) is 3.36. The minimum atomic E-state index is -1.08. The standard InChI is InChI=1S/C7H11NO4/c1-2-5-12-8-6(3-4-9)7(10)11/h1,6,8-9H,3-5H2,(H,10,11). The molecule has 0 aliphatic rings. The van der Waals surface area contributed by atoms with Crippen LogP contribution in [0.15, 0.2) is 0 Å². The molecule has 0 spiro atoms. The van der Waals surface area contributed by atoms with Crippen LogP contribution in [0.3, 0.4) is 0 Å². The number of terminal acetylenes is 1. The SMILES string of the molecule is C#CCONC(CCO)C(=O)O. The number of nitrogens with one attached hydrogen (secondary N) is 1. The highest BCUT2D eigenvalue weighted by atomic mass is 16.6. The number of hydrogen-bond donors (Lipinski definition) is 3. The van der Waals surface area contributed by atoms with Crippen LogP contribution in [0.1, 0.15) is 6.42 Å². The fourth-order valence-electron chi connectivity index (χ4n) is 0.546. The monoisotopic (exact) mass is 173 g/mol. The van der Waals surface area contributed by atoms with Crippen LogP contribution < -0.4 is 5.48 Å². The van der Waals surface area contributed by atoms with E-state index in [0.29, 0.717) is 0 Å². The molecular weight excluding hydrogens is 162 g/mol. The number of carboxylic acid groups (broad SMARTS) is 1. The maximum atomic E-state index is 10.4. The summed E-state index contributed by atoms with van der Waals surface area (Å²) in [6, 6.07) is -0.914. The van der Waals surface area contributed by atoms with E-state index < -0.39 is 12.0 Å². The van der Waals surface area contributed by atoms with Crippen molar-refractivity contribution in [3.63, 3.8) is 0 Å². The summed E-state index contributed by atoms with van der Waals surface area (Å²) in [5.74, 6) is 1.08. The van der Waals surface area contributed by atoms with Crippen LogP contribution in [0.25, 0.3) is 0 Å². The van der Waals surface area contributed by atoms with E-state index in [9.17, 15) is 4.79 Å². The van der Waals surface area contributed by atoms with Crippen molar-refractivity contribution in [1.29, 1.82) is 0 Å². The summed E-state index contributed by atoms with van der Waals surface area (Å²) in [6.07, 6.45) is 4.94. The van der Waals surface area contributed by atoms with Crippen molar-refractivity contribution in [2.24, 2.45) is 0 Å². The molecule has 0 bridgehead atoms. The van der Waals surface area contributed by atoms with Crippen molar-refractivity contribution in [2.75, 3.05) is 13.2 Å². The van der Waals surface area contributed by atoms with E-state index in [1.54, 1.807) is 0 Å². The van der Waals surface area contributed by atoms with Crippen molar-refractivity contribution in [3.8, 4) is 12.3 Å². The van der Waals surface area contributed by atoms with Crippen molar-refractivity contribution in [2.45, 2.75) is 12.5 Å². The zero-order chi connectivity index (χ0) is 9.40. The lowest BCUT2D eigenvalue weighted by Crippen LogP contribution is -2.37. The van der Waals surface area contributed by atoms with Gasteiger partial charge in [0.2, 0.25) is 0 Å². The lowest BCUT2D eigenvalue weighted by Gasteiger charge is -2.10. The molecule has 0 fully saturated rings. The van der Waals surface area contributed by atoms with Crippen LogP contribution in [-0.4, -0.2) is 35.4 Å². The zero-order valence-electron chi connectivity index (χ0n) is 6.49. The van der Waals surface area contributed by atoms with Crippen LogP contribution in [0, 0.1) is 12.3 Å². The molecular formula is C7H11NO4. The van der Waals surface area contributed by atoms with E-state index in [0.717, 1.165) is 0 Å². The Balaban J connectivity index is 3.65. The van der Waals surface area contributed by atoms with Gasteiger partial charge in [0.25, 0.3) is 0 Å². The van der Waals surface area contributed by atoms with Crippen LogP contribution in [-0.2, 0) is 9.63 Å². The second kappa shape index (κ2) is 6.61. The maximum Gasteiger partial charge on any atom is 0.323 e. The summed E-state index contributed by atoms with van der Waals surface area (Å²) in [5.41, 5.74) is 2.22. The fourth-order valence-corrected chi connectivity index (χ4v) is 0.546. The Kier molecular flexibility index (Phi) is 6.01. The van der Waals surface area contributed by atoms with Gasteiger partial charge in [-0.1, -0.05) is 5.92 Å². The molecule has 68 valence electrons. The summed E-state index contributed by atoms with van der Waals surface area (Å²) >= 11 is 0. The van der Waals surface area contributed by atoms with Gasteiger partial charge in [-0.3, -0.25) is 9.63 Å². The first kappa shape index (κ1) is 10.9. The fraction of sp³-hybridized carbons (Fsp3) is 0.571. The van der Waals surface area contributed by atoms with Gasteiger partial charge in [-0.2, -0.15) is 5.48 Å². The Labute approximate surface area is 70.3 Å². The van der Waals surface area contributed by atoms with E-state index in [1.165, 1.54) is 0 Å². The molecule has 3 N–H and O–H groups in total. The maximum absolute atomic E-state index is 10.4. The number of hydroxylamine groups is 1. The van der Waals surface area contributed by atoms with Crippen LogP contribution in [0.2, 0.25) is 0 Å². The van der Waals surface area contributed by atoms with Gasteiger partial charge in [0.15, 0.2) is 0 Å². The summed E-state index contributed by atoms with van der Waals surface area (Å²) in [6.45, 7) is -0.224. The van der Waals surface area contributed by atoms with Crippen molar-refractivity contribution >= 4 is 5.97 Å². The highest BCUT2D eigenvalue weighted by molar-refractivity contribution is 5.73. The summed E-state index contributed by atoms with van der Waals surface area (Å²) < 4.78 is 0. The Morgan fingerprint density at radius 3 is 2.83 bits per heavy atom. The summed E-state index contributed by atoms with van der Waals surface area (Å²) in [4.78, 5) is 15.0. The first-order valence-corrected chi connectivity index (χ1v) is 3.36. The van der Waals surface area contributed by atoms with Crippen LogP contribution in [0.4, 0.5) is 0 Å². The molecule has 0 aliphatic heterocycles. The number of aliphatic carboxylic acids is 1. The van der Waals surface area contributed by atoms with Gasteiger partial charge >= 0.3 is 5.97 Å². The average molecular weight is 173 g/mol. The van der Waals surface area contributed by atoms with Gasteiger partial charge in [-0.25, -0.2) is 0 Å². The highest BCUT2D eigenvalue weighted by Gasteiger charge is 2.15. The molecule has 0 aromatic rings. The number of hydrogen-bond acceptors (Lipinski definition) is 4. The van der Waals surface area contributed by atoms with Crippen LogP contribution in [0.5, 0.6) is 0 Å². The molecule has 0 aromatic heterocycles. The van der Waals surface area contributed by atoms with Gasteiger partial charge in [-0.15, -0.1) is 6.42 Å². The molecule has 0 rings (SSSR count). The molecule has 0 radical (unpaired) electrons. The predicted molar refractivity (Wildman–Crippen MR) is 41.0 cm³/mol. The van der Waals surface area contributed by atoms with Gasteiger partial charge in [0, 0.05) is 6.61 Å². The van der Waals surface area contributed by atoms with E-state index >= 15 is 0 Å². The number of aliphatic hydroxyl groups is 1. The molecule has 0 heterocycles. The predicted octanol–water partition coefficient (Wildman–Crippen LogP) is -1.02. The topological polar surface area (TPSA) is 78.8 Å². The molecule has 0 amide bonds. The average Bonchev–Trinajstić information content (AvgIpc) is 2.03. The largest absolute Gasteiger partial charge is 0.480 e. The molecule has 12 heavy (non-hydrogen) atoms. The first-order chi connectivity index (χ1) is 5.72. The van der Waals surface area contributed by atoms with Crippen molar-refractivity contribution in [1.82, 2.24) is 5.48 Å². The third kappa shape index (κ3) is 4.68. The van der Waals surface area contributed by atoms with E-state index in [2.05, 4.69) is 16.2 Å². The molecule has 0 saturated carbocycles. The zero-order valence-corrected chi connectivity index (χ0v) is 6.49. The third-order valence-corrected chi connectivity index (χ3v) is 1.10. The van der Waals surface area contributed by atoms with Gasteiger partial charge in [0.05, 0.1) is 0 Å². The summed E-state index contributed by atoms with van der Waals surface area (Å²) in [7, 11) is 0. The Bertz CT molecular complexity index is 175. The number of carboxylic acids is 1. The summed E-state index contributed by atoms with van der Waals surface area (Å²) in [5, 5.41) is 16.9. The normalized spacial score (nSPS) is 12.0. The number of rotatable bonds is 6.